The van der Waals surface area contributed by atoms with E-state index < -0.39 is 11.7 Å². The molecule has 1 atom stereocenters. The van der Waals surface area contributed by atoms with Gasteiger partial charge < -0.3 is 0 Å². The lowest BCUT2D eigenvalue weighted by atomic mass is 9.90. The molecule has 16 heavy (non-hydrogen) atoms. The number of aromatic nitrogens is 1. The lowest BCUT2D eigenvalue weighted by molar-refractivity contribution is -0.138. The molecule has 1 heterocycles. The number of nitrogens with zero attached hydrogens (tertiary/aromatic N) is 1. The van der Waals surface area contributed by atoms with Gasteiger partial charge in [0, 0.05) is 0 Å². The average Bonchev–Trinajstić information content (AvgIpc) is 2.16. The first-order valence-corrected chi connectivity index (χ1v) is 5.20. The fourth-order valence-corrected chi connectivity index (χ4v) is 2.01. The molecule has 0 saturated heterocycles. The van der Waals surface area contributed by atoms with Crippen molar-refractivity contribution < 1.29 is 13.2 Å². The Morgan fingerprint density at radius 2 is 2.12 bits per heavy atom. The zero-order valence-corrected chi connectivity index (χ0v) is 9.23. The molecule has 0 amide bonds. The largest absolute Gasteiger partial charge is 0.416 e. The summed E-state index contributed by atoms with van der Waals surface area (Å²) in [6.45, 7) is 1.87. The fourth-order valence-electron chi connectivity index (χ4n) is 1.81. The number of alkyl halides is 3. The third kappa shape index (κ3) is 2.07. The van der Waals surface area contributed by atoms with E-state index in [-0.39, 0.29) is 16.6 Å². The second-order valence-corrected chi connectivity index (χ2v) is 4.28. The Morgan fingerprint density at radius 3 is 2.75 bits per heavy atom. The minimum Gasteiger partial charge on any atom is -0.236 e. The molecule has 86 valence electrons. The van der Waals surface area contributed by atoms with Crippen LogP contribution in [0, 0.1) is 5.92 Å². The van der Waals surface area contributed by atoms with Gasteiger partial charge >= 0.3 is 6.18 Å². The van der Waals surface area contributed by atoms with Crippen molar-refractivity contribution in [2.75, 3.05) is 0 Å². The van der Waals surface area contributed by atoms with Crippen LogP contribution in [0.25, 0.3) is 6.08 Å². The lowest BCUT2D eigenvalue weighted by Gasteiger charge is -2.20. The summed E-state index contributed by atoms with van der Waals surface area (Å²) in [5.41, 5.74) is -0.0940. The Bertz CT molecular complexity index is 451. The van der Waals surface area contributed by atoms with Gasteiger partial charge in [-0.05, 0) is 30.0 Å². The standard InChI is InChI=1S/C11H9ClF3N/c1-6-2-3-9-7(4-6)8(11(13,14)15)5-10(12)16-9/h2-3,5-6H,4H2,1H3. The monoisotopic (exact) mass is 247 g/mol. The van der Waals surface area contributed by atoms with Gasteiger partial charge in [0.05, 0.1) is 11.3 Å². The molecule has 1 aromatic rings. The summed E-state index contributed by atoms with van der Waals surface area (Å²) in [6, 6.07) is 0.895. The molecule has 0 spiro atoms. The van der Waals surface area contributed by atoms with Crippen LogP contribution >= 0.6 is 11.6 Å². The van der Waals surface area contributed by atoms with E-state index in [1.165, 1.54) is 0 Å². The Labute approximate surface area is 95.9 Å². The van der Waals surface area contributed by atoms with Crippen molar-refractivity contribution in [3.8, 4) is 0 Å². The topological polar surface area (TPSA) is 12.9 Å². The van der Waals surface area contributed by atoms with E-state index in [0.29, 0.717) is 12.1 Å². The molecular weight excluding hydrogens is 239 g/mol. The summed E-state index contributed by atoms with van der Waals surface area (Å²) < 4.78 is 38.3. The van der Waals surface area contributed by atoms with Gasteiger partial charge in [-0.25, -0.2) is 4.98 Å². The van der Waals surface area contributed by atoms with Crippen molar-refractivity contribution in [2.45, 2.75) is 19.5 Å². The summed E-state index contributed by atoms with van der Waals surface area (Å²) in [5, 5.41) is -0.120. The smallest absolute Gasteiger partial charge is 0.236 e. The van der Waals surface area contributed by atoms with Gasteiger partial charge in [0.15, 0.2) is 0 Å². The summed E-state index contributed by atoms with van der Waals surface area (Å²) in [4.78, 5) is 3.90. The molecule has 0 radical (unpaired) electrons. The second-order valence-electron chi connectivity index (χ2n) is 3.89. The van der Waals surface area contributed by atoms with Gasteiger partial charge in [0.1, 0.15) is 5.15 Å². The van der Waals surface area contributed by atoms with E-state index >= 15 is 0 Å². The van der Waals surface area contributed by atoms with Crippen LogP contribution in [0.4, 0.5) is 13.2 Å². The maximum absolute atomic E-state index is 12.8. The summed E-state index contributed by atoms with van der Waals surface area (Å²) >= 11 is 5.58. The molecule has 1 aliphatic carbocycles. The van der Waals surface area contributed by atoms with Crippen LogP contribution in [0.5, 0.6) is 0 Å². The summed E-state index contributed by atoms with van der Waals surface area (Å²) in [7, 11) is 0. The van der Waals surface area contributed by atoms with Gasteiger partial charge in [-0.1, -0.05) is 24.6 Å². The highest BCUT2D eigenvalue weighted by Crippen LogP contribution is 2.37. The van der Waals surface area contributed by atoms with E-state index in [9.17, 15) is 13.2 Å². The minimum absolute atomic E-state index is 0.0941. The van der Waals surface area contributed by atoms with Crippen LogP contribution in [0.3, 0.4) is 0 Å². The molecule has 0 bridgehead atoms. The number of halogens is 4. The normalized spacial score (nSPS) is 19.7. The molecule has 0 aliphatic heterocycles. The quantitative estimate of drug-likeness (QED) is 0.633. The highest BCUT2D eigenvalue weighted by molar-refractivity contribution is 6.29. The molecule has 1 unspecified atom stereocenters. The molecule has 0 fully saturated rings. The van der Waals surface area contributed by atoms with Crippen molar-refractivity contribution in [2.24, 2.45) is 5.92 Å². The van der Waals surface area contributed by atoms with Crippen molar-refractivity contribution >= 4 is 17.7 Å². The number of hydrogen-bond acceptors (Lipinski definition) is 1. The molecule has 2 rings (SSSR count). The van der Waals surface area contributed by atoms with E-state index in [1.54, 1.807) is 6.08 Å². The summed E-state index contributed by atoms with van der Waals surface area (Å²) in [5.74, 6) is 0.0941. The van der Waals surface area contributed by atoms with Crippen molar-refractivity contribution in [1.82, 2.24) is 4.98 Å². The lowest BCUT2D eigenvalue weighted by Crippen LogP contribution is -2.15. The molecule has 0 saturated carbocycles. The second kappa shape index (κ2) is 3.77. The van der Waals surface area contributed by atoms with Gasteiger partial charge in [0.25, 0.3) is 0 Å². The molecule has 0 N–H and O–H groups in total. The van der Waals surface area contributed by atoms with E-state index in [4.69, 9.17) is 11.6 Å². The Kier molecular flexibility index (Phi) is 2.70. The first-order valence-electron chi connectivity index (χ1n) is 4.82. The number of allylic oxidation sites excluding steroid dienone is 1. The van der Waals surface area contributed by atoms with Gasteiger partial charge in [-0.15, -0.1) is 0 Å². The maximum Gasteiger partial charge on any atom is 0.416 e. The zero-order valence-electron chi connectivity index (χ0n) is 8.48. The number of rotatable bonds is 0. The van der Waals surface area contributed by atoms with Crippen LogP contribution in [0.2, 0.25) is 5.15 Å². The van der Waals surface area contributed by atoms with Gasteiger partial charge in [-0.2, -0.15) is 13.2 Å². The molecule has 0 aromatic carbocycles. The van der Waals surface area contributed by atoms with Crippen molar-refractivity contribution in [1.29, 1.82) is 0 Å². The predicted octanol–water partition coefficient (Wildman–Crippen LogP) is 3.96. The first kappa shape index (κ1) is 11.5. The minimum atomic E-state index is -4.37. The Balaban J connectivity index is 2.62. The van der Waals surface area contributed by atoms with Crippen molar-refractivity contribution in [3.63, 3.8) is 0 Å². The molecular formula is C11H9ClF3N. The molecule has 5 heteroatoms. The SMILES string of the molecule is CC1C=Cc2nc(Cl)cc(C(F)(F)F)c2C1. The Morgan fingerprint density at radius 1 is 1.44 bits per heavy atom. The Hall–Kier alpha value is -1.03. The third-order valence-corrected chi connectivity index (χ3v) is 2.73. The number of pyridine rings is 1. The van der Waals surface area contributed by atoms with Crippen LogP contribution in [-0.4, -0.2) is 4.98 Å². The van der Waals surface area contributed by atoms with E-state index in [1.807, 2.05) is 13.0 Å². The van der Waals surface area contributed by atoms with Crippen LogP contribution < -0.4 is 0 Å². The maximum atomic E-state index is 12.8. The molecule has 1 aromatic heterocycles. The first-order chi connectivity index (χ1) is 7.38. The van der Waals surface area contributed by atoms with Crippen LogP contribution in [0.15, 0.2) is 12.1 Å². The predicted molar refractivity (Wildman–Crippen MR) is 56.2 cm³/mol. The zero-order chi connectivity index (χ0) is 11.9. The van der Waals surface area contributed by atoms with Crippen molar-refractivity contribution in [3.05, 3.63) is 34.1 Å². The summed E-state index contributed by atoms with van der Waals surface area (Å²) in [6.07, 6.45) is -0.581. The highest BCUT2D eigenvalue weighted by Gasteiger charge is 2.35. The van der Waals surface area contributed by atoms with E-state index in [0.717, 1.165) is 6.07 Å². The number of fused-ring (bicyclic) bond motifs is 1. The molecule has 1 aliphatic rings. The molecule has 1 nitrogen and oxygen atoms in total. The van der Waals surface area contributed by atoms with Crippen LogP contribution in [-0.2, 0) is 12.6 Å². The van der Waals surface area contributed by atoms with Crippen LogP contribution in [0.1, 0.15) is 23.7 Å². The fraction of sp³-hybridized carbons (Fsp3) is 0.364. The van der Waals surface area contributed by atoms with Gasteiger partial charge in [0.2, 0.25) is 0 Å². The number of hydrogen-bond donors (Lipinski definition) is 0. The van der Waals surface area contributed by atoms with E-state index in [2.05, 4.69) is 4.98 Å². The third-order valence-electron chi connectivity index (χ3n) is 2.54. The average molecular weight is 248 g/mol. The van der Waals surface area contributed by atoms with Gasteiger partial charge in [-0.3, -0.25) is 0 Å². The highest BCUT2D eigenvalue weighted by atomic mass is 35.5.